The molecule has 2 saturated heterocycles. The number of ether oxygens (including phenoxy) is 1. The molecule has 2 aromatic rings. The summed E-state index contributed by atoms with van der Waals surface area (Å²) >= 11 is 0. The second-order valence-corrected chi connectivity index (χ2v) is 8.95. The predicted molar refractivity (Wildman–Crippen MR) is 120 cm³/mol. The first-order valence-corrected chi connectivity index (χ1v) is 10.7. The van der Waals surface area contributed by atoms with Gasteiger partial charge in [-0.05, 0) is 48.1 Å². The lowest BCUT2D eigenvalue weighted by Gasteiger charge is -2.15. The van der Waals surface area contributed by atoms with Crippen LogP contribution in [0, 0.1) is 17.7 Å². The number of hydrogen-bond donors (Lipinski definition) is 2. The number of aromatic amines is 1. The number of likely N-dealkylation sites (tertiary alicyclic amines) is 1. The fourth-order valence-corrected chi connectivity index (χ4v) is 4.97. The van der Waals surface area contributed by atoms with Crippen molar-refractivity contribution < 1.29 is 18.7 Å². The summed E-state index contributed by atoms with van der Waals surface area (Å²) in [6.45, 7) is 4.13. The molecule has 32 heavy (non-hydrogen) atoms. The molecule has 0 radical (unpaired) electrons. The van der Waals surface area contributed by atoms with Gasteiger partial charge < -0.3 is 19.9 Å². The number of cyclic esters (lactones) is 1. The largest absolute Gasteiger partial charge is 0.448 e. The molecule has 3 aliphatic heterocycles. The maximum absolute atomic E-state index is 14.6. The zero-order chi connectivity index (χ0) is 21.1. The second-order valence-electron chi connectivity index (χ2n) is 8.95. The van der Waals surface area contributed by atoms with Crippen LogP contribution in [0.1, 0.15) is 28.8 Å². The van der Waals surface area contributed by atoms with Gasteiger partial charge in [0, 0.05) is 42.7 Å². The van der Waals surface area contributed by atoms with Gasteiger partial charge in [0.15, 0.2) is 0 Å². The van der Waals surface area contributed by atoms with E-state index in [1.165, 1.54) is 36.0 Å². The number of nitrogens with zero attached hydrogens (tertiary/aromatic N) is 2. The van der Waals surface area contributed by atoms with Gasteiger partial charge in [-0.2, -0.15) is 0 Å². The first kappa shape index (κ1) is 21.0. The van der Waals surface area contributed by atoms with Gasteiger partial charge in [-0.3, -0.25) is 9.69 Å². The summed E-state index contributed by atoms with van der Waals surface area (Å²) in [5, 5.41) is 2.74. The van der Waals surface area contributed by atoms with Gasteiger partial charge in [0.1, 0.15) is 12.4 Å². The highest BCUT2D eigenvalue weighted by Crippen LogP contribution is 2.45. The van der Waals surface area contributed by atoms with Gasteiger partial charge in [-0.15, -0.1) is 12.4 Å². The second kappa shape index (κ2) is 7.94. The molecule has 4 aliphatic rings. The van der Waals surface area contributed by atoms with Crippen molar-refractivity contribution in [1.82, 2.24) is 14.8 Å². The van der Waals surface area contributed by atoms with E-state index >= 15 is 0 Å². The van der Waals surface area contributed by atoms with Gasteiger partial charge in [0.25, 0.3) is 5.91 Å². The molecule has 1 saturated carbocycles. The third-order valence-corrected chi connectivity index (χ3v) is 6.70. The van der Waals surface area contributed by atoms with E-state index in [1.54, 1.807) is 12.1 Å². The number of carbonyl (C=O) groups excluding carboxylic acids is 2. The molecule has 1 aromatic carbocycles. The molecule has 3 fully saturated rings. The van der Waals surface area contributed by atoms with E-state index in [1.807, 2.05) is 6.20 Å². The molecular weight excluding hydrogens is 435 g/mol. The highest BCUT2D eigenvalue weighted by Gasteiger charge is 2.44. The molecule has 2 N–H and O–H groups in total. The smallest absolute Gasteiger partial charge is 0.410 e. The van der Waals surface area contributed by atoms with Crippen molar-refractivity contribution in [2.45, 2.75) is 19.5 Å². The number of piperidine rings is 1. The third kappa shape index (κ3) is 3.78. The summed E-state index contributed by atoms with van der Waals surface area (Å²) < 4.78 is 19.5. The van der Waals surface area contributed by atoms with E-state index in [0.29, 0.717) is 35.5 Å². The molecule has 6 rings (SSSR count). The molecule has 0 unspecified atom stereocenters. The Kier molecular flexibility index (Phi) is 5.22. The summed E-state index contributed by atoms with van der Waals surface area (Å²) in [6.07, 6.45) is 4.73. The Morgan fingerprint density at radius 1 is 1.16 bits per heavy atom. The zero-order valence-corrected chi connectivity index (χ0v) is 18.2. The third-order valence-electron chi connectivity index (χ3n) is 6.70. The summed E-state index contributed by atoms with van der Waals surface area (Å²) in [5.41, 5.74) is 3.97. The lowest BCUT2D eigenvalue weighted by molar-refractivity contribution is -0.110. The molecule has 2 atom stereocenters. The number of fused-ring (bicyclic) bond motifs is 2. The van der Waals surface area contributed by atoms with Crippen LogP contribution >= 0.6 is 12.4 Å². The van der Waals surface area contributed by atoms with Crippen molar-refractivity contribution >= 4 is 41.7 Å². The Morgan fingerprint density at radius 3 is 2.72 bits per heavy atom. The zero-order valence-electron chi connectivity index (χ0n) is 17.4. The molecule has 7 nitrogen and oxygen atoms in total. The number of rotatable bonds is 5. The van der Waals surface area contributed by atoms with Crippen molar-refractivity contribution in [1.29, 1.82) is 0 Å². The van der Waals surface area contributed by atoms with Crippen molar-refractivity contribution in [3.8, 4) is 0 Å². The van der Waals surface area contributed by atoms with Crippen molar-refractivity contribution in [2.24, 2.45) is 11.8 Å². The monoisotopic (exact) mass is 458 g/mol. The highest BCUT2D eigenvalue weighted by atomic mass is 35.5. The number of H-pyrrole nitrogens is 1. The lowest BCUT2D eigenvalue weighted by atomic mass is 10.0. The van der Waals surface area contributed by atoms with E-state index in [2.05, 4.69) is 21.3 Å². The van der Waals surface area contributed by atoms with Crippen molar-refractivity contribution in [3.63, 3.8) is 0 Å². The van der Waals surface area contributed by atoms with Gasteiger partial charge in [0.05, 0.1) is 24.4 Å². The molecule has 1 aromatic heterocycles. The molecular formula is C23H24ClFN4O3. The number of benzene rings is 1. The standard InChI is InChI=1S/C23H23FN4O3.ClH/c24-20-7-21-18(5-16(20)12-28-1-2-31-23(28)30)19(22(29)26-21)6-17-3-13(8-25-17)9-27-10-14-4-15(14)11-27;/h3,5-8,14-15,25H,1-2,4,9-12H2,(H,26,29);1H/t14-,15+;. The summed E-state index contributed by atoms with van der Waals surface area (Å²) in [5.74, 6) is 1.08. The van der Waals surface area contributed by atoms with Gasteiger partial charge in [-0.25, -0.2) is 9.18 Å². The number of aromatic nitrogens is 1. The van der Waals surface area contributed by atoms with Crippen LogP contribution in [0.5, 0.6) is 0 Å². The molecule has 2 amide bonds. The van der Waals surface area contributed by atoms with Crippen LogP contribution < -0.4 is 5.32 Å². The van der Waals surface area contributed by atoms with E-state index in [4.69, 9.17) is 4.74 Å². The summed E-state index contributed by atoms with van der Waals surface area (Å²) in [7, 11) is 0. The first-order valence-electron chi connectivity index (χ1n) is 10.7. The Morgan fingerprint density at radius 2 is 1.97 bits per heavy atom. The number of nitrogens with one attached hydrogen (secondary N) is 2. The number of amides is 2. The Bertz CT molecular complexity index is 1120. The molecule has 168 valence electrons. The molecule has 0 bridgehead atoms. The average molecular weight is 459 g/mol. The topological polar surface area (TPSA) is 77.7 Å². The normalized spacial score (nSPS) is 24.9. The van der Waals surface area contributed by atoms with E-state index in [9.17, 15) is 14.0 Å². The van der Waals surface area contributed by atoms with Crippen LogP contribution in [0.15, 0.2) is 24.4 Å². The molecule has 0 spiro atoms. The minimum Gasteiger partial charge on any atom is -0.448 e. The van der Waals surface area contributed by atoms with Crippen LogP contribution in [-0.2, 0) is 22.6 Å². The minimum absolute atomic E-state index is 0. The van der Waals surface area contributed by atoms with Crippen LogP contribution in [0.2, 0.25) is 0 Å². The van der Waals surface area contributed by atoms with Gasteiger partial charge >= 0.3 is 6.09 Å². The van der Waals surface area contributed by atoms with Crippen LogP contribution in [-0.4, -0.2) is 53.0 Å². The quantitative estimate of drug-likeness (QED) is 0.672. The summed E-state index contributed by atoms with van der Waals surface area (Å²) in [6, 6.07) is 5.04. The Hall–Kier alpha value is -2.84. The van der Waals surface area contributed by atoms with Crippen LogP contribution in [0.3, 0.4) is 0 Å². The van der Waals surface area contributed by atoms with Gasteiger partial charge in [-0.1, -0.05) is 0 Å². The van der Waals surface area contributed by atoms with E-state index in [-0.39, 0.29) is 24.9 Å². The Labute approximate surface area is 191 Å². The van der Waals surface area contributed by atoms with Crippen LogP contribution in [0.4, 0.5) is 14.9 Å². The Balaban J connectivity index is 0.00000216. The molecule has 1 aliphatic carbocycles. The van der Waals surface area contributed by atoms with Crippen LogP contribution in [0.25, 0.3) is 11.6 Å². The number of anilines is 1. The fourth-order valence-electron chi connectivity index (χ4n) is 4.97. The maximum atomic E-state index is 14.6. The minimum atomic E-state index is -0.453. The maximum Gasteiger partial charge on any atom is 0.410 e. The first-order chi connectivity index (χ1) is 15.0. The highest BCUT2D eigenvalue weighted by molar-refractivity contribution is 6.34. The van der Waals surface area contributed by atoms with Crippen molar-refractivity contribution in [2.75, 3.05) is 31.6 Å². The number of carbonyl (C=O) groups is 2. The SMILES string of the molecule is Cl.O=C1Nc2cc(F)c(CN3CCOC3=O)cc2C1=Cc1cc(CN2C[C@H]3C[C@H]3C2)c[nH]1. The van der Waals surface area contributed by atoms with Crippen molar-refractivity contribution in [3.05, 3.63) is 52.6 Å². The fraction of sp³-hybridized carbons (Fsp3) is 0.391. The van der Waals surface area contributed by atoms with E-state index in [0.717, 1.165) is 24.1 Å². The predicted octanol–water partition coefficient (Wildman–Crippen LogP) is 3.47. The van der Waals surface area contributed by atoms with E-state index < -0.39 is 11.9 Å². The summed E-state index contributed by atoms with van der Waals surface area (Å²) in [4.78, 5) is 31.5. The average Bonchev–Trinajstić information content (AvgIpc) is 3.13. The number of halogens is 2. The van der Waals surface area contributed by atoms with Gasteiger partial charge in [0.2, 0.25) is 0 Å². The number of hydrogen-bond acceptors (Lipinski definition) is 4. The lowest BCUT2D eigenvalue weighted by Crippen LogP contribution is -2.24. The molecule has 4 heterocycles. The molecule has 9 heteroatoms.